The van der Waals surface area contributed by atoms with Crippen molar-refractivity contribution in [2.45, 2.75) is 89.4 Å². The molecule has 0 aliphatic heterocycles. The average molecular weight is 494 g/mol. The molecule has 0 atom stereocenters. The number of nitrogens with one attached hydrogen (secondary N) is 1. The van der Waals surface area contributed by atoms with E-state index in [1.807, 2.05) is 30.3 Å². The predicted molar refractivity (Wildman–Crippen MR) is 141 cm³/mol. The van der Waals surface area contributed by atoms with Crippen LogP contribution in [0.25, 0.3) is 10.9 Å². The number of anilines is 1. The van der Waals surface area contributed by atoms with Crippen molar-refractivity contribution in [1.82, 2.24) is 9.13 Å². The zero-order valence-electron chi connectivity index (χ0n) is 20.9. The van der Waals surface area contributed by atoms with Crippen molar-refractivity contribution in [3.8, 4) is 0 Å². The molecule has 7 heteroatoms. The van der Waals surface area contributed by atoms with Crippen LogP contribution < -0.4 is 16.6 Å². The van der Waals surface area contributed by atoms with E-state index in [-0.39, 0.29) is 29.7 Å². The number of fused-ring (bicyclic) bond motifs is 1. The molecule has 1 heterocycles. The molecule has 0 unspecified atom stereocenters. The Bertz CT molecular complexity index is 1290. The van der Waals surface area contributed by atoms with E-state index in [0.717, 1.165) is 56.9 Å². The van der Waals surface area contributed by atoms with Crippen LogP contribution in [0.1, 0.15) is 75.8 Å². The lowest BCUT2D eigenvalue weighted by Crippen LogP contribution is -2.41. The summed E-state index contributed by atoms with van der Waals surface area (Å²) in [5.74, 6) is -0.431. The minimum Gasteiger partial charge on any atom is -0.380 e. The molecule has 36 heavy (non-hydrogen) atoms. The zero-order valence-corrected chi connectivity index (χ0v) is 20.9. The van der Waals surface area contributed by atoms with Gasteiger partial charge in [-0.15, -0.1) is 0 Å². The van der Waals surface area contributed by atoms with E-state index in [2.05, 4.69) is 5.32 Å². The number of rotatable bonds is 9. The Hall–Kier alpha value is -2.93. The minimum absolute atomic E-state index is 0.0363. The summed E-state index contributed by atoms with van der Waals surface area (Å²) in [5.41, 5.74) is 1.31. The first-order valence-electron chi connectivity index (χ1n) is 13.5. The highest BCUT2D eigenvalue weighted by Crippen LogP contribution is 2.32. The Morgan fingerprint density at radius 3 is 2.42 bits per heavy atom. The molecular formula is C29H36FN3O3. The summed E-state index contributed by atoms with van der Waals surface area (Å²) in [5, 5.41) is 3.63. The Balaban J connectivity index is 1.42. The van der Waals surface area contributed by atoms with Crippen molar-refractivity contribution in [2.75, 3.05) is 11.9 Å². The van der Waals surface area contributed by atoms with E-state index in [4.69, 9.17) is 4.74 Å². The maximum Gasteiger partial charge on any atom is 0.331 e. The van der Waals surface area contributed by atoms with Crippen molar-refractivity contribution in [1.29, 1.82) is 0 Å². The molecule has 2 aromatic carbocycles. The number of hydrogen-bond donors (Lipinski definition) is 1. The molecule has 0 radical (unpaired) electrons. The highest BCUT2D eigenvalue weighted by Gasteiger charge is 2.25. The Kier molecular flexibility index (Phi) is 7.85. The van der Waals surface area contributed by atoms with Gasteiger partial charge < -0.3 is 10.1 Å². The molecule has 0 spiro atoms. The SMILES string of the molecule is O=c1c2cc(F)c(NC3CCCCC3)cc2n(C2CCCC2)c(=O)n1CCCOCc1ccccc1. The summed E-state index contributed by atoms with van der Waals surface area (Å²) in [6.07, 6.45) is 9.96. The van der Waals surface area contributed by atoms with Crippen LogP contribution in [-0.2, 0) is 17.9 Å². The van der Waals surface area contributed by atoms with E-state index >= 15 is 4.39 Å². The van der Waals surface area contributed by atoms with Crippen LogP contribution in [0.15, 0.2) is 52.1 Å². The topological polar surface area (TPSA) is 65.3 Å². The summed E-state index contributed by atoms with van der Waals surface area (Å²) in [6, 6.07) is 13.2. The minimum atomic E-state index is -0.431. The van der Waals surface area contributed by atoms with E-state index in [1.165, 1.54) is 17.1 Å². The third-order valence-corrected chi connectivity index (χ3v) is 7.69. The highest BCUT2D eigenvalue weighted by molar-refractivity contribution is 5.82. The van der Waals surface area contributed by atoms with Gasteiger partial charge in [0.2, 0.25) is 0 Å². The van der Waals surface area contributed by atoms with Gasteiger partial charge in [-0.1, -0.05) is 62.4 Å². The van der Waals surface area contributed by atoms with Gasteiger partial charge in [0.1, 0.15) is 5.82 Å². The highest BCUT2D eigenvalue weighted by atomic mass is 19.1. The molecule has 1 N–H and O–H groups in total. The molecule has 0 amide bonds. The van der Waals surface area contributed by atoms with Gasteiger partial charge in [0.05, 0.1) is 23.2 Å². The zero-order chi connectivity index (χ0) is 24.9. The molecule has 2 aliphatic rings. The van der Waals surface area contributed by atoms with Crippen molar-refractivity contribution < 1.29 is 9.13 Å². The molecule has 0 saturated heterocycles. The monoisotopic (exact) mass is 493 g/mol. The maximum absolute atomic E-state index is 15.2. The summed E-state index contributed by atoms with van der Waals surface area (Å²) >= 11 is 0. The number of aromatic nitrogens is 2. The summed E-state index contributed by atoms with van der Waals surface area (Å²) < 4.78 is 24.0. The molecular weight excluding hydrogens is 457 g/mol. The van der Waals surface area contributed by atoms with Crippen LogP contribution in [0.5, 0.6) is 0 Å². The molecule has 6 nitrogen and oxygen atoms in total. The lowest BCUT2D eigenvalue weighted by atomic mass is 9.95. The fourth-order valence-electron chi connectivity index (χ4n) is 5.78. The van der Waals surface area contributed by atoms with Crippen molar-refractivity contribution >= 4 is 16.6 Å². The molecule has 3 aromatic rings. The normalized spacial score (nSPS) is 17.1. The third-order valence-electron chi connectivity index (χ3n) is 7.69. The number of halogens is 1. The first-order valence-corrected chi connectivity index (χ1v) is 13.5. The van der Waals surface area contributed by atoms with Crippen molar-refractivity contribution in [2.24, 2.45) is 0 Å². The summed E-state index contributed by atoms with van der Waals surface area (Å²) in [7, 11) is 0. The number of ether oxygens (including phenoxy) is 1. The predicted octanol–water partition coefficient (Wildman–Crippen LogP) is 5.77. The third kappa shape index (κ3) is 5.41. The Morgan fingerprint density at radius 2 is 1.67 bits per heavy atom. The van der Waals surface area contributed by atoms with E-state index in [1.54, 1.807) is 10.6 Å². The average Bonchev–Trinajstić information content (AvgIpc) is 3.43. The molecule has 2 aliphatic carbocycles. The van der Waals surface area contributed by atoms with Crippen molar-refractivity contribution in [3.05, 3.63) is 74.7 Å². The van der Waals surface area contributed by atoms with Gasteiger partial charge in [-0.3, -0.25) is 13.9 Å². The molecule has 0 bridgehead atoms. The van der Waals surface area contributed by atoms with Crippen molar-refractivity contribution in [3.63, 3.8) is 0 Å². The number of benzene rings is 2. The van der Waals surface area contributed by atoms with Crippen LogP contribution in [0.4, 0.5) is 10.1 Å². The van der Waals surface area contributed by atoms with E-state index in [9.17, 15) is 9.59 Å². The largest absolute Gasteiger partial charge is 0.380 e. The smallest absolute Gasteiger partial charge is 0.331 e. The van der Waals surface area contributed by atoms with Gasteiger partial charge in [-0.2, -0.15) is 0 Å². The molecule has 1 aromatic heterocycles. The van der Waals surface area contributed by atoms with Gasteiger partial charge in [0.25, 0.3) is 5.56 Å². The fourth-order valence-corrected chi connectivity index (χ4v) is 5.78. The van der Waals surface area contributed by atoms with Crippen LogP contribution in [-0.4, -0.2) is 21.8 Å². The summed E-state index contributed by atoms with van der Waals surface area (Å²) in [6.45, 7) is 1.17. The molecule has 2 saturated carbocycles. The van der Waals surface area contributed by atoms with Gasteiger partial charge in [-0.25, -0.2) is 9.18 Å². The van der Waals surface area contributed by atoms with E-state index < -0.39 is 11.4 Å². The van der Waals surface area contributed by atoms with Crippen LogP contribution >= 0.6 is 0 Å². The number of nitrogens with zero attached hydrogens (tertiary/aromatic N) is 2. The Labute approximate surface area is 211 Å². The standard InChI is InChI=1S/C29H36FN3O3/c30-25-18-24-27(19-26(25)31-22-12-5-2-6-13-22)33(23-14-7-8-15-23)29(35)32(28(24)34)16-9-17-36-20-21-10-3-1-4-11-21/h1,3-4,10-11,18-19,22-23,31H,2,5-9,12-17,20H2. The van der Waals surface area contributed by atoms with Crippen LogP contribution in [0.2, 0.25) is 0 Å². The lowest BCUT2D eigenvalue weighted by molar-refractivity contribution is 0.115. The quantitative estimate of drug-likeness (QED) is 0.385. The van der Waals surface area contributed by atoms with Gasteiger partial charge in [0.15, 0.2) is 0 Å². The second-order valence-corrected chi connectivity index (χ2v) is 10.3. The van der Waals surface area contributed by atoms with Gasteiger partial charge in [0, 0.05) is 25.2 Å². The molecule has 192 valence electrons. The molecule has 2 fully saturated rings. The fraction of sp³-hybridized carbons (Fsp3) is 0.517. The maximum atomic E-state index is 15.2. The Morgan fingerprint density at radius 1 is 0.944 bits per heavy atom. The first kappa shape index (κ1) is 24.8. The lowest BCUT2D eigenvalue weighted by Gasteiger charge is -2.25. The van der Waals surface area contributed by atoms with Crippen LogP contribution in [0, 0.1) is 5.82 Å². The first-order chi connectivity index (χ1) is 17.6. The second-order valence-electron chi connectivity index (χ2n) is 10.3. The van der Waals surface area contributed by atoms with E-state index in [0.29, 0.717) is 30.8 Å². The number of hydrogen-bond acceptors (Lipinski definition) is 4. The molecule has 5 rings (SSSR count). The van der Waals surface area contributed by atoms with Gasteiger partial charge in [-0.05, 0) is 49.8 Å². The van der Waals surface area contributed by atoms with Gasteiger partial charge >= 0.3 is 5.69 Å². The summed E-state index contributed by atoms with van der Waals surface area (Å²) in [4.78, 5) is 27.0. The second kappa shape index (κ2) is 11.4. The van der Waals surface area contributed by atoms with Crippen LogP contribution in [0.3, 0.4) is 0 Å².